The van der Waals surface area contributed by atoms with Gasteiger partial charge in [0.05, 0.1) is 27.9 Å². The molecule has 96 valence electrons. The smallest absolute Gasteiger partial charge is 0.164 e. The molecule has 0 saturated carbocycles. The quantitative estimate of drug-likeness (QED) is 0.768. The molecule has 1 rings (SSSR count). The van der Waals surface area contributed by atoms with Crippen LogP contribution < -0.4 is 20.1 Å². The van der Waals surface area contributed by atoms with Crippen LogP contribution in [0.2, 0.25) is 0 Å². The van der Waals surface area contributed by atoms with E-state index in [0.29, 0.717) is 18.1 Å². The Labute approximate surface area is 101 Å². The third-order valence-electron chi connectivity index (χ3n) is 2.61. The Hall–Kier alpha value is -1.46. The second-order valence-corrected chi connectivity index (χ2v) is 3.68. The van der Waals surface area contributed by atoms with Gasteiger partial charge in [0.2, 0.25) is 0 Å². The lowest BCUT2D eigenvalue weighted by molar-refractivity contribution is 0.126. The third kappa shape index (κ3) is 3.01. The highest BCUT2D eigenvalue weighted by Crippen LogP contribution is 2.37. The van der Waals surface area contributed by atoms with Crippen molar-refractivity contribution in [3.05, 3.63) is 17.7 Å². The molecule has 0 aromatic heterocycles. The minimum Gasteiger partial charge on any atom is -0.496 e. The van der Waals surface area contributed by atoms with Crippen LogP contribution in [0.15, 0.2) is 12.1 Å². The van der Waals surface area contributed by atoms with Gasteiger partial charge in [-0.3, -0.25) is 0 Å². The number of rotatable bonds is 6. The molecular formula is C12H19NO4. The molecule has 0 spiro atoms. The molecule has 0 heterocycles. The van der Waals surface area contributed by atoms with Crippen LogP contribution in [0.25, 0.3) is 0 Å². The average Bonchev–Trinajstić information content (AvgIpc) is 2.37. The summed E-state index contributed by atoms with van der Waals surface area (Å²) in [6.45, 7) is 2.41. The molecule has 1 aromatic rings. The lowest BCUT2D eigenvalue weighted by atomic mass is 10.0. The van der Waals surface area contributed by atoms with Crippen LogP contribution in [0.3, 0.4) is 0 Å². The number of nitrogens with two attached hydrogens (primary N) is 1. The second kappa shape index (κ2) is 6.32. The standard InChI is InChI=1S/C12H19NO4/c1-8(7-17-13)9-5-11(15-3)12(16-4)6-10(9)14-2/h5-6,8H,7,13H2,1-4H3. The summed E-state index contributed by atoms with van der Waals surface area (Å²) in [6, 6.07) is 3.67. The van der Waals surface area contributed by atoms with Gasteiger partial charge in [-0.1, -0.05) is 6.92 Å². The molecule has 0 saturated heterocycles. The Bertz CT molecular complexity index is 368. The summed E-state index contributed by atoms with van der Waals surface area (Å²) < 4.78 is 15.8. The molecule has 1 atom stereocenters. The molecule has 0 aliphatic carbocycles. The van der Waals surface area contributed by atoms with E-state index in [1.54, 1.807) is 27.4 Å². The van der Waals surface area contributed by atoms with E-state index in [1.165, 1.54) is 0 Å². The molecule has 0 radical (unpaired) electrons. The number of methoxy groups -OCH3 is 3. The second-order valence-electron chi connectivity index (χ2n) is 3.68. The average molecular weight is 241 g/mol. The number of ether oxygens (including phenoxy) is 3. The predicted molar refractivity (Wildman–Crippen MR) is 64.7 cm³/mol. The molecule has 1 aromatic carbocycles. The van der Waals surface area contributed by atoms with E-state index in [9.17, 15) is 0 Å². The van der Waals surface area contributed by atoms with E-state index in [0.717, 1.165) is 11.3 Å². The van der Waals surface area contributed by atoms with E-state index in [4.69, 9.17) is 20.1 Å². The largest absolute Gasteiger partial charge is 0.496 e. The van der Waals surface area contributed by atoms with Crippen molar-refractivity contribution in [3.8, 4) is 17.2 Å². The van der Waals surface area contributed by atoms with Crippen LogP contribution in [0.5, 0.6) is 17.2 Å². The van der Waals surface area contributed by atoms with Gasteiger partial charge in [-0.15, -0.1) is 0 Å². The van der Waals surface area contributed by atoms with Crippen molar-refractivity contribution in [2.45, 2.75) is 12.8 Å². The molecule has 1 unspecified atom stereocenters. The van der Waals surface area contributed by atoms with Crippen molar-refractivity contribution in [2.24, 2.45) is 5.90 Å². The Morgan fingerprint density at radius 2 is 1.53 bits per heavy atom. The van der Waals surface area contributed by atoms with Crippen molar-refractivity contribution in [1.29, 1.82) is 0 Å². The highest BCUT2D eigenvalue weighted by molar-refractivity contribution is 5.51. The molecule has 17 heavy (non-hydrogen) atoms. The predicted octanol–water partition coefficient (Wildman–Crippen LogP) is 1.71. The Morgan fingerprint density at radius 3 is 2.00 bits per heavy atom. The zero-order chi connectivity index (χ0) is 12.8. The van der Waals surface area contributed by atoms with Gasteiger partial charge < -0.3 is 19.0 Å². The van der Waals surface area contributed by atoms with E-state index >= 15 is 0 Å². The SMILES string of the molecule is COc1cc(OC)c(C(C)CON)cc1OC. The first-order valence-electron chi connectivity index (χ1n) is 5.29. The maximum Gasteiger partial charge on any atom is 0.164 e. The van der Waals surface area contributed by atoms with Crippen molar-refractivity contribution in [3.63, 3.8) is 0 Å². The Morgan fingerprint density at radius 1 is 1.00 bits per heavy atom. The van der Waals surface area contributed by atoms with Crippen molar-refractivity contribution in [2.75, 3.05) is 27.9 Å². The zero-order valence-corrected chi connectivity index (χ0v) is 10.6. The fraction of sp³-hybridized carbons (Fsp3) is 0.500. The highest BCUT2D eigenvalue weighted by Gasteiger charge is 2.16. The molecule has 0 bridgehead atoms. The summed E-state index contributed by atoms with van der Waals surface area (Å²) in [5, 5.41) is 0. The van der Waals surface area contributed by atoms with Crippen molar-refractivity contribution < 1.29 is 19.0 Å². The molecule has 5 nitrogen and oxygen atoms in total. The number of benzene rings is 1. The molecular weight excluding hydrogens is 222 g/mol. The first-order chi connectivity index (χ1) is 8.17. The summed E-state index contributed by atoms with van der Waals surface area (Å²) in [7, 11) is 4.79. The first-order valence-corrected chi connectivity index (χ1v) is 5.29. The topological polar surface area (TPSA) is 62.9 Å². The maximum atomic E-state index is 5.32. The third-order valence-corrected chi connectivity index (χ3v) is 2.61. The van der Waals surface area contributed by atoms with E-state index in [1.807, 2.05) is 13.0 Å². The summed E-state index contributed by atoms with van der Waals surface area (Å²) in [5.74, 6) is 7.22. The van der Waals surface area contributed by atoms with Gasteiger partial charge in [0.15, 0.2) is 11.5 Å². The van der Waals surface area contributed by atoms with Crippen LogP contribution in [0.4, 0.5) is 0 Å². The zero-order valence-electron chi connectivity index (χ0n) is 10.6. The molecule has 2 N–H and O–H groups in total. The van der Waals surface area contributed by atoms with Crippen molar-refractivity contribution in [1.82, 2.24) is 0 Å². The van der Waals surface area contributed by atoms with Gasteiger partial charge in [0.25, 0.3) is 0 Å². The van der Waals surface area contributed by atoms with Crippen LogP contribution in [-0.4, -0.2) is 27.9 Å². The van der Waals surface area contributed by atoms with E-state index < -0.39 is 0 Å². The number of hydrogen-bond donors (Lipinski definition) is 1. The molecule has 5 heteroatoms. The minimum atomic E-state index is 0.106. The van der Waals surface area contributed by atoms with E-state index in [2.05, 4.69) is 4.84 Å². The normalized spacial score (nSPS) is 12.1. The first kappa shape index (κ1) is 13.6. The van der Waals surface area contributed by atoms with Gasteiger partial charge >= 0.3 is 0 Å². The van der Waals surface area contributed by atoms with E-state index in [-0.39, 0.29) is 5.92 Å². The fourth-order valence-corrected chi connectivity index (χ4v) is 1.67. The van der Waals surface area contributed by atoms with Gasteiger partial charge in [-0.05, 0) is 6.07 Å². The van der Waals surface area contributed by atoms with Crippen LogP contribution in [-0.2, 0) is 4.84 Å². The molecule has 0 amide bonds. The Balaban J connectivity index is 3.18. The highest BCUT2D eigenvalue weighted by atomic mass is 16.6. The fourth-order valence-electron chi connectivity index (χ4n) is 1.67. The summed E-state index contributed by atoms with van der Waals surface area (Å²) in [5.41, 5.74) is 0.968. The van der Waals surface area contributed by atoms with Gasteiger partial charge in [0.1, 0.15) is 5.75 Å². The summed E-state index contributed by atoms with van der Waals surface area (Å²) in [4.78, 5) is 4.66. The van der Waals surface area contributed by atoms with Crippen LogP contribution in [0, 0.1) is 0 Å². The lowest BCUT2D eigenvalue weighted by Crippen LogP contribution is -2.10. The van der Waals surface area contributed by atoms with Gasteiger partial charge in [0, 0.05) is 17.5 Å². The number of hydrogen-bond acceptors (Lipinski definition) is 5. The van der Waals surface area contributed by atoms with Crippen molar-refractivity contribution >= 4 is 0 Å². The minimum absolute atomic E-state index is 0.106. The summed E-state index contributed by atoms with van der Waals surface area (Å²) >= 11 is 0. The van der Waals surface area contributed by atoms with Gasteiger partial charge in [-0.2, -0.15) is 0 Å². The van der Waals surface area contributed by atoms with Crippen LogP contribution >= 0.6 is 0 Å². The monoisotopic (exact) mass is 241 g/mol. The van der Waals surface area contributed by atoms with Gasteiger partial charge in [-0.25, -0.2) is 5.90 Å². The molecule has 0 aliphatic heterocycles. The van der Waals surface area contributed by atoms with Crippen LogP contribution in [0.1, 0.15) is 18.4 Å². The lowest BCUT2D eigenvalue weighted by Gasteiger charge is -2.17. The summed E-state index contributed by atoms with van der Waals surface area (Å²) in [6.07, 6.45) is 0. The molecule has 0 aliphatic rings. The molecule has 0 fully saturated rings. The Kier molecular flexibility index (Phi) is 5.06. The maximum absolute atomic E-state index is 5.32.